The lowest BCUT2D eigenvalue weighted by atomic mass is 9.94. The second-order valence-electron chi connectivity index (χ2n) is 5.14. The first kappa shape index (κ1) is 22.0. The van der Waals surface area contributed by atoms with Crippen LogP contribution in [0.2, 0.25) is 0 Å². The van der Waals surface area contributed by atoms with E-state index in [1.165, 1.54) is 0 Å². The van der Waals surface area contributed by atoms with Crippen LogP contribution in [-0.4, -0.2) is 66.2 Å². The molecule has 0 heterocycles. The Bertz CT molecular complexity index is 516. The molecule has 0 bridgehead atoms. The van der Waals surface area contributed by atoms with Gasteiger partial charge in [0, 0.05) is 6.54 Å². The van der Waals surface area contributed by atoms with Crippen LogP contribution < -0.4 is 11.5 Å². The second-order valence-corrected chi connectivity index (χ2v) is 8.37. The third-order valence-corrected chi connectivity index (χ3v) is 4.40. The number of carboxylic acid groups (broad SMARTS) is 1. The molecule has 0 saturated carbocycles. The molecule has 0 spiro atoms. The van der Waals surface area contributed by atoms with Gasteiger partial charge in [-0.1, -0.05) is 0 Å². The van der Waals surface area contributed by atoms with E-state index in [1.54, 1.807) is 0 Å². The Morgan fingerprint density at radius 3 is 1.87 bits per heavy atom. The maximum absolute atomic E-state index is 11.5. The molecule has 0 unspecified atom stereocenters. The summed E-state index contributed by atoms with van der Waals surface area (Å²) < 4.78 is 22.3. The number of carbonyl (C=O) groups is 1. The predicted octanol–water partition coefficient (Wildman–Crippen LogP) is -1.54. The van der Waals surface area contributed by atoms with Gasteiger partial charge >= 0.3 is 21.2 Å². The van der Waals surface area contributed by atoms with Gasteiger partial charge in [0.15, 0.2) is 5.96 Å². The molecule has 0 aliphatic heterocycles. The highest BCUT2D eigenvalue weighted by molar-refractivity contribution is 7.52. The number of aliphatic carboxylic acids is 1. The van der Waals surface area contributed by atoms with Crippen molar-refractivity contribution in [3.63, 3.8) is 0 Å². The van der Waals surface area contributed by atoms with E-state index in [-0.39, 0.29) is 25.3 Å². The summed E-state index contributed by atoms with van der Waals surface area (Å²) in [6.07, 6.45) is -2.27. The highest BCUT2D eigenvalue weighted by atomic mass is 31.2. The quantitative estimate of drug-likeness (QED) is 0.100. The van der Waals surface area contributed by atoms with Crippen molar-refractivity contribution in [3.05, 3.63) is 0 Å². The number of aliphatic imine (C=N–C) groups is 1. The molecule has 23 heavy (non-hydrogen) atoms. The molecule has 14 heteroatoms. The first-order valence-corrected chi connectivity index (χ1v) is 9.90. The van der Waals surface area contributed by atoms with Crippen molar-refractivity contribution < 1.29 is 38.6 Å². The molecule has 0 aromatic rings. The van der Waals surface area contributed by atoms with Crippen molar-refractivity contribution in [2.75, 3.05) is 19.1 Å². The van der Waals surface area contributed by atoms with Crippen molar-refractivity contribution in [2.24, 2.45) is 16.5 Å². The van der Waals surface area contributed by atoms with Crippen molar-refractivity contribution in [1.29, 1.82) is 0 Å². The van der Waals surface area contributed by atoms with Gasteiger partial charge in [0.05, 0.1) is 0 Å². The Hall–Kier alpha value is -1.00. The molecule has 0 aliphatic carbocycles. The normalized spacial score (nSPS) is 15.2. The summed E-state index contributed by atoms with van der Waals surface area (Å²) in [5.74, 6) is -1.69. The van der Waals surface area contributed by atoms with Crippen LogP contribution in [0.15, 0.2) is 4.99 Å². The molecular weight excluding hydrogens is 354 g/mol. The van der Waals surface area contributed by atoms with Gasteiger partial charge in [0.2, 0.25) is 0 Å². The van der Waals surface area contributed by atoms with Crippen LogP contribution in [0.25, 0.3) is 0 Å². The minimum absolute atomic E-state index is 0.0604. The zero-order valence-electron chi connectivity index (χ0n) is 12.4. The fourth-order valence-electron chi connectivity index (χ4n) is 1.83. The number of hydrogen-bond acceptors (Lipinski definition) is 5. The van der Waals surface area contributed by atoms with Crippen molar-refractivity contribution in [2.45, 2.75) is 25.3 Å². The van der Waals surface area contributed by atoms with Gasteiger partial charge in [-0.15, -0.1) is 0 Å². The summed E-state index contributed by atoms with van der Waals surface area (Å²) in [6, 6.07) is 0. The number of hydrogen-bond donors (Lipinski definition) is 7. The van der Waals surface area contributed by atoms with E-state index in [2.05, 4.69) is 4.99 Å². The molecule has 12 nitrogen and oxygen atoms in total. The maximum Gasteiger partial charge on any atom is 0.339 e. The van der Waals surface area contributed by atoms with Gasteiger partial charge in [-0.2, -0.15) is 0 Å². The lowest BCUT2D eigenvalue weighted by Crippen LogP contribution is -2.53. The van der Waals surface area contributed by atoms with Crippen LogP contribution in [0.3, 0.4) is 0 Å². The fraction of sp³-hybridized carbons (Fsp3) is 0.778. The monoisotopic (exact) mass is 376 g/mol. The van der Waals surface area contributed by atoms with Crippen LogP contribution in [0.5, 0.6) is 0 Å². The maximum atomic E-state index is 11.5. The topological polar surface area (TPSA) is 220 Å². The summed E-state index contributed by atoms with van der Waals surface area (Å²) in [5, 5.41) is 9.37. The Morgan fingerprint density at radius 1 is 1.13 bits per heavy atom. The molecule has 0 saturated heterocycles. The molecule has 9 N–H and O–H groups in total. The minimum atomic E-state index is -4.75. The van der Waals surface area contributed by atoms with Crippen LogP contribution >= 0.6 is 15.2 Å². The third kappa shape index (κ3) is 9.01. The number of carboxylic acids is 1. The summed E-state index contributed by atoms with van der Waals surface area (Å²) in [6.45, 7) is 1.18. The molecule has 0 radical (unpaired) electrons. The average Bonchev–Trinajstić information content (AvgIpc) is 2.29. The highest BCUT2D eigenvalue weighted by Gasteiger charge is 2.44. The lowest BCUT2D eigenvalue weighted by molar-refractivity contribution is -0.150. The van der Waals surface area contributed by atoms with Gasteiger partial charge in [-0.3, -0.25) is 23.8 Å². The van der Waals surface area contributed by atoms with Gasteiger partial charge in [0.25, 0.3) is 0 Å². The second kappa shape index (κ2) is 8.20. The molecule has 0 aliphatic rings. The summed E-state index contributed by atoms with van der Waals surface area (Å²) in [5.41, 5.74) is 8.33. The molecule has 136 valence electrons. The predicted molar refractivity (Wildman–Crippen MR) is 81.6 cm³/mol. The van der Waals surface area contributed by atoms with Crippen LogP contribution in [-0.2, 0) is 13.9 Å². The van der Waals surface area contributed by atoms with Gasteiger partial charge < -0.3 is 36.1 Å². The lowest BCUT2D eigenvalue weighted by Gasteiger charge is -2.37. The van der Waals surface area contributed by atoms with Crippen LogP contribution in [0, 0.1) is 0 Å². The van der Waals surface area contributed by atoms with Gasteiger partial charge in [-0.05, 0) is 19.8 Å². The third-order valence-electron chi connectivity index (χ3n) is 2.98. The Balaban J connectivity index is 5.40. The summed E-state index contributed by atoms with van der Waals surface area (Å²) >= 11 is 0. The van der Waals surface area contributed by atoms with Crippen LogP contribution in [0.1, 0.15) is 19.8 Å². The summed E-state index contributed by atoms with van der Waals surface area (Å²) in [7, 11) is -9.49. The minimum Gasteiger partial charge on any atom is -0.480 e. The van der Waals surface area contributed by atoms with E-state index in [1.807, 2.05) is 0 Å². The van der Waals surface area contributed by atoms with E-state index in [4.69, 9.17) is 31.0 Å². The van der Waals surface area contributed by atoms with Crippen molar-refractivity contribution in [3.8, 4) is 0 Å². The zero-order valence-corrected chi connectivity index (χ0v) is 14.2. The SMILES string of the molecule is C[C@](CCCN=C(N)N)(C(=O)O)N(CP(=O)(O)O)CP(=O)(O)O. The number of nitrogens with zero attached hydrogens (tertiary/aromatic N) is 2. The summed E-state index contributed by atoms with van der Waals surface area (Å²) in [4.78, 5) is 51.9. The highest BCUT2D eigenvalue weighted by Crippen LogP contribution is 2.44. The smallest absolute Gasteiger partial charge is 0.339 e. The number of rotatable bonds is 10. The molecule has 0 aromatic heterocycles. The first-order chi connectivity index (χ1) is 10.2. The first-order valence-electron chi connectivity index (χ1n) is 6.30. The number of nitrogens with two attached hydrogens (primary N) is 2. The fourth-order valence-corrected chi connectivity index (χ4v) is 3.70. The van der Waals surface area contributed by atoms with Crippen molar-refractivity contribution in [1.82, 2.24) is 4.90 Å². The zero-order chi connectivity index (χ0) is 18.5. The Morgan fingerprint density at radius 2 is 1.57 bits per heavy atom. The van der Waals surface area contributed by atoms with E-state index in [9.17, 15) is 19.0 Å². The molecule has 1 atom stereocenters. The van der Waals surface area contributed by atoms with Gasteiger partial charge in [-0.25, -0.2) is 0 Å². The van der Waals surface area contributed by atoms with Gasteiger partial charge in [0.1, 0.15) is 18.1 Å². The van der Waals surface area contributed by atoms with E-state index in [0.29, 0.717) is 4.90 Å². The largest absolute Gasteiger partial charge is 0.480 e. The molecule has 0 fully saturated rings. The molecule has 0 aromatic carbocycles. The molecule has 0 amide bonds. The van der Waals surface area contributed by atoms with Crippen molar-refractivity contribution >= 4 is 27.1 Å². The average molecular weight is 376 g/mol. The van der Waals surface area contributed by atoms with E-state index in [0.717, 1.165) is 6.92 Å². The molecule has 0 rings (SSSR count). The standard InChI is InChI=1S/C9H22N4O8P2/c1-9(7(14)15,3-2-4-12-8(10)11)13(5-22(16,17)18)6-23(19,20)21/h2-6H2,1H3,(H,14,15)(H4,10,11,12)(H2,16,17,18)(H2,19,20,21)/t9-/m0/s1. The Kier molecular flexibility index (Phi) is 7.85. The van der Waals surface area contributed by atoms with Crippen LogP contribution in [0.4, 0.5) is 0 Å². The Labute approximate surface area is 132 Å². The van der Waals surface area contributed by atoms with E-state index < -0.39 is 39.3 Å². The number of guanidine groups is 1. The molecular formula is C9H22N4O8P2. The van der Waals surface area contributed by atoms with E-state index >= 15 is 0 Å².